The number of hydrogen-bond donors (Lipinski definition) is 2. The third-order valence-corrected chi connectivity index (χ3v) is 6.85. The van der Waals surface area contributed by atoms with Crippen LogP contribution in [0.2, 0.25) is 0 Å². The van der Waals surface area contributed by atoms with E-state index in [1.165, 1.54) is 11.1 Å². The van der Waals surface area contributed by atoms with Crippen LogP contribution in [0.25, 0.3) is 0 Å². The normalized spacial score (nSPS) is 25.8. The lowest BCUT2D eigenvalue weighted by Crippen LogP contribution is -2.47. The van der Waals surface area contributed by atoms with Crippen LogP contribution in [-0.4, -0.2) is 41.2 Å². The molecule has 1 aliphatic heterocycles. The summed E-state index contributed by atoms with van der Waals surface area (Å²) >= 11 is 0. The van der Waals surface area contributed by atoms with Crippen molar-refractivity contribution >= 4 is 11.9 Å². The van der Waals surface area contributed by atoms with E-state index in [0.717, 1.165) is 48.1 Å². The summed E-state index contributed by atoms with van der Waals surface area (Å²) in [7, 11) is 0. The Balaban J connectivity index is 1.26. The summed E-state index contributed by atoms with van der Waals surface area (Å²) in [6.07, 6.45) is 4.34. The maximum Gasteiger partial charge on any atom is 0.325 e. The third kappa shape index (κ3) is 3.54. The molecule has 1 saturated heterocycles. The highest BCUT2D eigenvalue weighted by molar-refractivity contribution is 6.07. The molecule has 5 rings (SSSR count). The van der Waals surface area contributed by atoms with Crippen LogP contribution in [-0.2, 0) is 27.9 Å². The summed E-state index contributed by atoms with van der Waals surface area (Å²) in [5, 5.41) is 13.5. The molecule has 0 unspecified atom stereocenters. The first-order valence-corrected chi connectivity index (χ1v) is 11.2. The van der Waals surface area contributed by atoms with Gasteiger partial charge >= 0.3 is 6.03 Å². The van der Waals surface area contributed by atoms with E-state index in [9.17, 15) is 14.7 Å². The van der Waals surface area contributed by atoms with Crippen LogP contribution in [0.1, 0.15) is 54.0 Å². The lowest BCUT2D eigenvalue weighted by atomic mass is 9.76. The lowest BCUT2D eigenvalue weighted by molar-refractivity contribution is -0.133. The van der Waals surface area contributed by atoms with Crippen LogP contribution in [0.4, 0.5) is 4.79 Å². The smallest absolute Gasteiger partial charge is 0.325 e. The predicted octanol–water partition coefficient (Wildman–Crippen LogP) is 3.23. The standard InChI is InChI=1S/C25H28N2O4/c28-19(16-31-22-13-5-9-17-7-1-3-11-20(17)22)15-27-23(29)25(26-24(27)30)14-6-10-18-8-2-4-12-21(18)25/h1-4,7-8,11-12,19,22,28H,5-6,9-10,13-16H2,(H,26,30)/t19-,22-,25+/m1/s1. The zero-order chi connectivity index (χ0) is 21.4. The van der Waals surface area contributed by atoms with Crippen molar-refractivity contribution in [3.63, 3.8) is 0 Å². The van der Waals surface area contributed by atoms with Crippen LogP contribution in [0.5, 0.6) is 0 Å². The number of amides is 3. The fourth-order valence-corrected chi connectivity index (χ4v) is 5.35. The molecule has 31 heavy (non-hydrogen) atoms. The van der Waals surface area contributed by atoms with Gasteiger partial charge in [0.2, 0.25) is 0 Å². The van der Waals surface area contributed by atoms with Gasteiger partial charge in [-0.15, -0.1) is 0 Å². The van der Waals surface area contributed by atoms with E-state index in [0.29, 0.717) is 6.42 Å². The molecule has 3 atom stereocenters. The molecule has 2 aromatic rings. The van der Waals surface area contributed by atoms with Gasteiger partial charge in [0.25, 0.3) is 5.91 Å². The minimum absolute atomic E-state index is 0.0562. The number of β-amino-alcohol motifs (C(OH)–C–C–N with tert-alkyl or cyclic N) is 1. The van der Waals surface area contributed by atoms with Crippen molar-refractivity contribution in [1.82, 2.24) is 10.2 Å². The molecule has 0 aromatic heterocycles. The molecular formula is C25H28N2O4. The Morgan fingerprint density at radius 3 is 2.68 bits per heavy atom. The fourth-order valence-electron chi connectivity index (χ4n) is 5.35. The largest absolute Gasteiger partial charge is 0.389 e. The molecule has 162 valence electrons. The highest BCUT2D eigenvalue weighted by atomic mass is 16.5. The molecular weight excluding hydrogens is 392 g/mol. The maximum absolute atomic E-state index is 13.4. The van der Waals surface area contributed by atoms with Gasteiger partial charge < -0.3 is 15.2 Å². The first-order chi connectivity index (χ1) is 15.1. The Bertz CT molecular complexity index is 1010. The van der Waals surface area contributed by atoms with Gasteiger partial charge in [-0.25, -0.2) is 4.79 Å². The number of carbonyl (C=O) groups is 2. The molecule has 6 nitrogen and oxygen atoms in total. The average Bonchev–Trinajstić information content (AvgIpc) is 3.02. The van der Waals surface area contributed by atoms with Gasteiger partial charge in [-0.1, -0.05) is 48.5 Å². The number of benzene rings is 2. The molecule has 2 N–H and O–H groups in total. The van der Waals surface area contributed by atoms with E-state index in [2.05, 4.69) is 17.4 Å². The molecule has 2 aliphatic carbocycles. The molecule has 3 aliphatic rings. The molecule has 6 heteroatoms. The molecule has 0 saturated carbocycles. The molecule has 0 radical (unpaired) electrons. The van der Waals surface area contributed by atoms with Crippen molar-refractivity contribution in [1.29, 1.82) is 0 Å². The van der Waals surface area contributed by atoms with E-state index < -0.39 is 17.7 Å². The van der Waals surface area contributed by atoms with Crippen molar-refractivity contribution in [3.8, 4) is 0 Å². The molecule has 3 amide bonds. The maximum atomic E-state index is 13.4. The highest BCUT2D eigenvalue weighted by Crippen LogP contribution is 2.40. The summed E-state index contributed by atoms with van der Waals surface area (Å²) in [6, 6.07) is 15.6. The number of urea groups is 1. The first kappa shape index (κ1) is 20.2. The van der Waals surface area contributed by atoms with E-state index in [1.807, 2.05) is 36.4 Å². The quantitative estimate of drug-likeness (QED) is 0.728. The number of aliphatic hydroxyl groups is 1. The van der Waals surface area contributed by atoms with E-state index in [4.69, 9.17) is 4.74 Å². The van der Waals surface area contributed by atoms with Gasteiger partial charge in [0.05, 0.1) is 25.4 Å². The number of fused-ring (bicyclic) bond motifs is 3. The van der Waals surface area contributed by atoms with Crippen LogP contribution in [0, 0.1) is 0 Å². The number of rotatable bonds is 5. The number of ether oxygens (including phenoxy) is 1. The first-order valence-electron chi connectivity index (χ1n) is 11.2. The van der Waals surface area contributed by atoms with Crippen LogP contribution < -0.4 is 5.32 Å². The molecule has 0 bridgehead atoms. The Labute approximate surface area is 182 Å². The van der Waals surface area contributed by atoms with Crippen LogP contribution >= 0.6 is 0 Å². The van der Waals surface area contributed by atoms with Crippen LogP contribution in [0.15, 0.2) is 48.5 Å². The zero-order valence-electron chi connectivity index (χ0n) is 17.5. The molecule has 2 aromatic carbocycles. The fraction of sp³-hybridized carbons (Fsp3) is 0.440. The number of nitrogens with one attached hydrogen (secondary N) is 1. The molecule has 1 fully saturated rings. The van der Waals surface area contributed by atoms with Crippen molar-refractivity contribution < 1.29 is 19.4 Å². The minimum Gasteiger partial charge on any atom is -0.389 e. The summed E-state index contributed by atoms with van der Waals surface area (Å²) in [4.78, 5) is 27.2. The van der Waals surface area contributed by atoms with Crippen molar-refractivity contribution in [2.24, 2.45) is 0 Å². The lowest BCUT2D eigenvalue weighted by Gasteiger charge is -2.33. The molecule has 1 heterocycles. The number of aryl methyl sites for hydroxylation is 2. The monoisotopic (exact) mass is 420 g/mol. The second-order valence-corrected chi connectivity index (χ2v) is 8.83. The summed E-state index contributed by atoms with van der Waals surface area (Å²) < 4.78 is 6.03. The van der Waals surface area contributed by atoms with Crippen molar-refractivity contribution in [2.45, 2.75) is 56.3 Å². The number of aliphatic hydroxyl groups excluding tert-OH is 1. The van der Waals surface area contributed by atoms with Crippen LogP contribution in [0.3, 0.4) is 0 Å². The number of nitrogens with zero attached hydrogens (tertiary/aromatic N) is 1. The Morgan fingerprint density at radius 1 is 1.06 bits per heavy atom. The summed E-state index contributed by atoms with van der Waals surface area (Å²) in [5.41, 5.74) is 3.44. The van der Waals surface area contributed by atoms with Gasteiger partial charge in [-0.05, 0) is 60.8 Å². The topological polar surface area (TPSA) is 78.9 Å². The highest BCUT2D eigenvalue weighted by Gasteiger charge is 2.54. The number of imide groups is 1. The van der Waals surface area contributed by atoms with E-state index in [-0.39, 0.29) is 25.2 Å². The summed E-state index contributed by atoms with van der Waals surface area (Å²) in [5.74, 6) is -0.272. The third-order valence-electron chi connectivity index (χ3n) is 6.85. The second kappa shape index (κ2) is 8.09. The van der Waals surface area contributed by atoms with Crippen molar-refractivity contribution in [3.05, 3.63) is 70.8 Å². The SMILES string of the molecule is O=C1N[C@]2(CCCc3ccccc32)C(=O)N1C[C@@H](O)CO[C@@H]1CCCc2ccccc21. The average molecular weight is 421 g/mol. The zero-order valence-corrected chi connectivity index (χ0v) is 17.5. The van der Waals surface area contributed by atoms with Gasteiger partial charge in [-0.3, -0.25) is 9.69 Å². The van der Waals surface area contributed by atoms with Gasteiger partial charge in [0.15, 0.2) is 0 Å². The van der Waals surface area contributed by atoms with Crippen molar-refractivity contribution in [2.75, 3.05) is 13.2 Å². The number of carbonyl (C=O) groups excluding carboxylic acids is 2. The Kier molecular flexibility index (Phi) is 5.28. The predicted molar refractivity (Wildman–Crippen MR) is 115 cm³/mol. The summed E-state index contributed by atoms with van der Waals surface area (Å²) in [6.45, 7) is 0.0165. The van der Waals surface area contributed by atoms with Gasteiger partial charge in [0.1, 0.15) is 5.54 Å². The Morgan fingerprint density at radius 2 is 1.81 bits per heavy atom. The Hall–Kier alpha value is -2.70. The van der Waals surface area contributed by atoms with E-state index in [1.54, 1.807) is 0 Å². The van der Waals surface area contributed by atoms with Gasteiger partial charge in [0, 0.05) is 0 Å². The number of hydrogen-bond acceptors (Lipinski definition) is 4. The van der Waals surface area contributed by atoms with Gasteiger partial charge in [-0.2, -0.15) is 0 Å². The minimum atomic E-state index is -1.01. The molecule has 1 spiro atoms. The van der Waals surface area contributed by atoms with E-state index >= 15 is 0 Å². The second-order valence-electron chi connectivity index (χ2n) is 8.83.